The van der Waals surface area contributed by atoms with Crippen molar-refractivity contribution >= 4 is 12.0 Å². The first-order valence-electron chi connectivity index (χ1n) is 11.5. The van der Waals surface area contributed by atoms with Gasteiger partial charge in [0.1, 0.15) is 6.10 Å². The van der Waals surface area contributed by atoms with Crippen LogP contribution in [0, 0.1) is 17.3 Å². The van der Waals surface area contributed by atoms with Gasteiger partial charge in [-0.2, -0.15) is 0 Å². The lowest BCUT2D eigenvalue weighted by atomic mass is 9.75. The van der Waals surface area contributed by atoms with E-state index in [1.54, 1.807) is 0 Å². The van der Waals surface area contributed by atoms with Crippen molar-refractivity contribution in [2.24, 2.45) is 17.3 Å². The lowest BCUT2D eigenvalue weighted by molar-refractivity contribution is -0.129. The predicted molar refractivity (Wildman–Crippen MR) is 113 cm³/mol. The van der Waals surface area contributed by atoms with Gasteiger partial charge in [-0.3, -0.25) is 4.79 Å². The summed E-state index contributed by atoms with van der Waals surface area (Å²) in [5.74, 6) is 1.76. The summed E-state index contributed by atoms with van der Waals surface area (Å²) in [5.41, 5.74) is -0.301. The van der Waals surface area contributed by atoms with Gasteiger partial charge in [0.05, 0.1) is 0 Å². The van der Waals surface area contributed by atoms with Crippen LogP contribution in [0.15, 0.2) is 0 Å². The fourth-order valence-electron chi connectivity index (χ4n) is 4.43. The molecule has 1 atom stereocenters. The zero-order valence-corrected chi connectivity index (χ0v) is 18.7. The Morgan fingerprint density at radius 2 is 1.36 bits per heavy atom. The lowest BCUT2D eigenvalue weighted by Crippen LogP contribution is -2.43. The van der Waals surface area contributed by atoms with Crippen molar-refractivity contribution in [2.75, 3.05) is 0 Å². The molecular weight excluding hydrogens is 352 g/mol. The third kappa shape index (κ3) is 7.63. The summed E-state index contributed by atoms with van der Waals surface area (Å²) in [7, 11) is 0. The average Bonchev–Trinajstić information content (AvgIpc) is 2.64. The number of carbonyl (C=O) groups is 2. The van der Waals surface area contributed by atoms with Crippen LogP contribution < -0.4 is 10.6 Å². The first-order valence-corrected chi connectivity index (χ1v) is 11.5. The molecule has 1 unspecified atom stereocenters. The van der Waals surface area contributed by atoms with Crippen molar-refractivity contribution in [1.82, 2.24) is 10.6 Å². The molecule has 28 heavy (non-hydrogen) atoms. The largest absolute Gasteiger partial charge is 0.447 e. The summed E-state index contributed by atoms with van der Waals surface area (Å²) in [6.07, 6.45) is 11.1. The maximum atomic E-state index is 12.2. The number of alkyl carbamates (subject to hydrolysis) is 1. The zero-order chi connectivity index (χ0) is 20.7. The molecule has 0 aliphatic heterocycles. The first kappa shape index (κ1) is 23.0. The molecule has 2 rings (SSSR count). The van der Waals surface area contributed by atoms with E-state index in [0.717, 1.165) is 43.9 Å². The molecule has 2 amide bonds. The Hall–Kier alpha value is -1.26. The Balaban J connectivity index is 1.62. The van der Waals surface area contributed by atoms with Crippen LogP contribution in [0.1, 0.15) is 98.8 Å². The molecule has 2 saturated carbocycles. The summed E-state index contributed by atoms with van der Waals surface area (Å²) in [4.78, 5) is 24.0. The molecule has 0 saturated heterocycles. The van der Waals surface area contributed by atoms with E-state index in [-0.39, 0.29) is 29.6 Å². The lowest BCUT2D eigenvalue weighted by Gasteiger charge is -2.35. The second-order valence-corrected chi connectivity index (χ2v) is 10.2. The molecular formula is C23H42N2O3. The van der Waals surface area contributed by atoms with Gasteiger partial charge in [0, 0.05) is 17.5 Å². The Morgan fingerprint density at radius 3 is 1.79 bits per heavy atom. The van der Waals surface area contributed by atoms with Crippen LogP contribution in [0.4, 0.5) is 4.79 Å². The highest BCUT2D eigenvalue weighted by Gasteiger charge is 2.30. The van der Waals surface area contributed by atoms with Crippen molar-refractivity contribution < 1.29 is 14.3 Å². The van der Waals surface area contributed by atoms with Crippen LogP contribution in [0.2, 0.25) is 0 Å². The van der Waals surface area contributed by atoms with E-state index in [1.807, 2.05) is 34.6 Å². The van der Waals surface area contributed by atoms with E-state index in [0.29, 0.717) is 6.04 Å². The molecule has 2 aliphatic carbocycles. The van der Waals surface area contributed by atoms with Crippen LogP contribution in [0.3, 0.4) is 0 Å². The number of amides is 2. The molecule has 2 N–H and O–H groups in total. The number of ether oxygens (including phenoxy) is 1. The minimum Gasteiger partial charge on any atom is -0.447 e. The zero-order valence-electron chi connectivity index (χ0n) is 18.7. The maximum absolute atomic E-state index is 12.2. The predicted octanol–water partition coefficient (Wildman–Crippen LogP) is 5.18. The second-order valence-electron chi connectivity index (χ2n) is 10.2. The summed E-state index contributed by atoms with van der Waals surface area (Å²) < 4.78 is 5.33. The van der Waals surface area contributed by atoms with Crippen LogP contribution >= 0.6 is 0 Å². The van der Waals surface area contributed by atoms with E-state index in [9.17, 15) is 9.59 Å². The highest BCUT2D eigenvalue weighted by Crippen LogP contribution is 2.35. The molecule has 162 valence electrons. The minimum absolute atomic E-state index is 0.0142. The van der Waals surface area contributed by atoms with Gasteiger partial charge >= 0.3 is 6.09 Å². The molecule has 0 aromatic rings. The summed E-state index contributed by atoms with van der Waals surface area (Å²) in [6.45, 7) is 9.88. The van der Waals surface area contributed by atoms with Gasteiger partial charge < -0.3 is 15.4 Å². The normalized spacial score (nSPS) is 29.6. The van der Waals surface area contributed by atoms with Crippen molar-refractivity contribution in [3.63, 3.8) is 0 Å². The van der Waals surface area contributed by atoms with E-state index >= 15 is 0 Å². The maximum Gasteiger partial charge on any atom is 0.407 e. The standard InChI is InChI=1S/C23H42N2O3/c1-6-16(2)28-22(27)25-20-13-9-18(10-14-20)15-17-7-11-19(12-8-17)24-21(26)23(3,4)5/h16-20H,6-15H2,1-5H3,(H,24,26)(H,25,27). The van der Waals surface area contributed by atoms with Gasteiger partial charge in [-0.25, -0.2) is 4.79 Å². The molecule has 0 heterocycles. The third-order valence-electron chi connectivity index (χ3n) is 6.58. The van der Waals surface area contributed by atoms with Crippen LogP contribution in [-0.2, 0) is 9.53 Å². The van der Waals surface area contributed by atoms with Crippen LogP contribution in [0.5, 0.6) is 0 Å². The van der Waals surface area contributed by atoms with E-state index < -0.39 is 0 Å². The summed E-state index contributed by atoms with van der Waals surface area (Å²) >= 11 is 0. The van der Waals surface area contributed by atoms with Gasteiger partial charge in [0.25, 0.3) is 0 Å². The van der Waals surface area contributed by atoms with Gasteiger partial charge in [-0.05, 0) is 83.0 Å². The molecule has 5 nitrogen and oxygen atoms in total. The number of nitrogens with one attached hydrogen (secondary N) is 2. The number of hydrogen-bond acceptors (Lipinski definition) is 3. The van der Waals surface area contributed by atoms with Crippen LogP contribution in [0.25, 0.3) is 0 Å². The topological polar surface area (TPSA) is 67.4 Å². The van der Waals surface area contributed by atoms with Gasteiger partial charge in [-0.15, -0.1) is 0 Å². The van der Waals surface area contributed by atoms with E-state index in [1.165, 1.54) is 32.1 Å². The van der Waals surface area contributed by atoms with E-state index in [2.05, 4.69) is 10.6 Å². The van der Waals surface area contributed by atoms with E-state index in [4.69, 9.17) is 4.74 Å². The van der Waals surface area contributed by atoms with Crippen molar-refractivity contribution in [3.05, 3.63) is 0 Å². The van der Waals surface area contributed by atoms with Gasteiger partial charge in [-0.1, -0.05) is 27.7 Å². The molecule has 0 radical (unpaired) electrons. The molecule has 0 aromatic heterocycles. The highest BCUT2D eigenvalue weighted by atomic mass is 16.6. The third-order valence-corrected chi connectivity index (χ3v) is 6.58. The van der Waals surface area contributed by atoms with Crippen LogP contribution in [-0.4, -0.2) is 30.2 Å². The fraction of sp³-hybridized carbons (Fsp3) is 0.913. The molecule has 0 bridgehead atoms. The number of carbonyl (C=O) groups excluding carboxylic acids is 2. The summed E-state index contributed by atoms with van der Waals surface area (Å²) in [5, 5.41) is 6.28. The molecule has 0 spiro atoms. The quantitative estimate of drug-likeness (QED) is 0.652. The first-order chi connectivity index (χ1) is 13.2. The average molecular weight is 395 g/mol. The Kier molecular flexibility index (Phi) is 8.63. The Morgan fingerprint density at radius 1 is 0.893 bits per heavy atom. The monoisotopic (exact) mass is 394 g/mol. The van der Waals surface area contributed by atoms with Gasteiger partial charge in [0.15, 0.2) is 0 Å². The van der Waals surface area contributed by atoms with Gasteiger partial charge in [0.2, 0.25) is 5.91 Å². The molecule has 5 heteroatoms. The second kappa shape index (κ2) is 10.5. The molecule has 2 aliphatic rings. The Bertz CT molecular complexity index is 498. The molecule has 2 fully saturated rings. The molecule has 0 aromatic carbocycles. The number of rotatable bonds is 6. The number of hydrogen-bond donors (Lipinski definition) is 2. The minimum atomic E-state index is -0.301. The summed E-state index contributed by atoms with van der Waals surface area (Å²) in [6, 6.07) is 0.635. The SMILES string of the molecule is CCC(C)OC(=O)NC1CCC(CC2CCC(NC(=O)C(C)(C)C)CC2)CC1. The highest BCUT2D eigenvalue weighted by molar-refractivity contribution is 5.81. The van der Waals surface area contributed by atoms with Crippen molar-refractivity contribution in [3.8, 4) is 0 Å². The van der Waals surface area contributed by atoms with Crippen molar-refractivity contribution in [1.29, 1.82) is 0 Å². The van der Waals surface area contributed by atoms with Crippen molar-refractivity contribution in [2.45, 2.75) is 117 Å². The smallest absolute Gasteiger partial charge is 0.407 e. The Labute approximate surface area is 171 Å². The fourth-order valence-corrected chi connectivity index (χ4v) is 4.43.